The normalized spacial score (nSPS) is 33.7. The van der Waals surface area contributed by atoms with E-state index in [2.05, 4.69) is 0 Å². The van der Waals surface area contributed by atoms with E-state index < -0.39 is 20.6 Å². The van der Waals surface area contributed by atoms with Crippen LogP contribution in [-0.4, -0.2) is 32.0 Å². The van der Waals surface area contributed by atoms with Crippen LogP contribution >= 0.6 is 0 Å². The third kappa shape index (κ3) is 1.65. The van der Waals surface area contributed by atoms with Crippen LogP contribution in [-0.2, 0) is 9.84 Å². The first kappa shape index (κ1) is 11.6. The average molecular weight is 240 g/mol. The maximum Gasteiger partial charge on any atom is 0.152 e. The summed E-state index contributed by atoms with van der Waals surface area (Å²) in [6, 6.07) is 9.44. The van der Waals surface area contributed by atoms with Crippen molar-refractivity contribution in [1.82, 2.24) is 0 Å². The molecule has 88 valence electrons. The SMILES string of the molecule is CS(=O)(=O)[C@@H]1[C@@H](c2ccccc2)[C@@]1(N)CN. The van der Waals surface area contributed by atoms with Gasteiger partial charge in [0.1, 0.15) is 0 Å². The second-order valence-corrected chi connectivity index (χ2v) is 6.62. The molecule has 0 spiro atoms. The van der Waals surface area contributed by atoms with Gasteiger partial charge in [-0.05, 0) is 5.56 Å². The van der Waals surface area contributed by atoms with E-state index in [-0.39, 0.29) is 12.5 Å². The number of sulfone groups is 1. The number of benzene rings is 1. The maximum atomic E-state index is 11.6. The highest BCUT2D eigenvalue weighted by Crippen LogP contribution is 2.53. The van der Waals surface area contributed by atoms with Crippen LogP contribution in [0.15, 0.2) is 30.3 Å². The lowest BCUT2D eigenvalue weighted by Crippen LogP contribution is -2.38. The van der Waals surface area contributed by atoms with Crippen LogP contribution in [0.1, 0.15) is 11.5 Å². The molecule has 0 aliphatic heterocycles. The Morgan fingerprint density at radius 3 is 2.25 bits per heavy atom. The quantitative estimate of drug-likeness (QED) is 0.769. The lowest BCUT2D eigenvalue weighted by Gasteiger charge is -2.07. The summed E-state index contributed by atoms with van der Waals surface area (Å²) < 4.78 is 23.2. The molecule has 4 nitrogen and oxygen atoms in total. The molecule has 0 bridgehead atoms. The van der Waals surface area contributed by atoms with E-state index in [0.717, 1.165) is 5.56 Å². The third-order valence-corrected chi connectivity index (χ3v) is 4.91. The Balaban J connectivity index is 2.38. The van der Waals surface area contributed by atoms with Crippen molar-refractivity contribution in [3.8, 4) is 0 Å². The predicted octanol–water partition coefficient (Wildman–Crippen LogP) is -0.147. The maximum absolute atomic E-state index is 11.6. The molecule has 1 aliphatic rings. The highest BCUT2D eigenvalue weighted by Gasteiger charge is 2.66. The Labute approximate surface area is 95.6 Å². The molecular weight excluding hydrogens is 224 g/mol. The summed E-state index contributed by atoms with van der Waals surface area (Å²) in [5, 5.41) is -0.549. The summed E-state index contributed by atoms with van der Waals surface area (Å²) in [5.41, 5.74) is 11.8. The van der Waals surface area contributed by atoms with Crippen LogP contribution in [0.5, 0.6) is 0 Å². The first-order chi connectivity index (χ1) is 7.41. The summed E-state index contributed by atoms with van der Waals surface area (Å²) >= 11 is 0. The second kappa shape index (κ2) is 3.55. The molecule has 5 heteroatoms. The molecule has 1 fully saturated rings. The fraction of sp³-hybridized carbons (Fsp3) is 0.455. The van der Waals surface area contributed by atoms with Crippen LogP contribution in [0.4, 0.5) is 0 Å². The van der Waals surface area contributed by atoms with Gasteiger partial charge in [0.05, 0.1) is 10.8 Å². The van der Waals surface area contributed by atoms with Crippen LogP contribution in [0.3, 0.4) is 0 Å². The molecule has 0 unspecified atom stereocenters. The number of rotatable bonds is 3. The Hall–Kier alpha value is -0.910. The van der Waals surface area contributed by atoms with Gasteiger partial charge in [-0.1, -0.05) is 30.3 Å². The van der Waals surface area contributed by atoms with E-state index in [1.54, 1.807) is 0 Å². The minimum atomic E-state index is -3.15. The van der Waals surface area contributed by atoms with Crippen molar-refractivity contribution in [3.63, 3.8) is 0 Å². The van der Waals surface area contributed by atoms with Gasteiger partial charge in [0.15, 0.2) is 9.84 Å². The van der Waals surface area contributed by atoms with E-state index >= 15 is 0 Å². The molecule has 4 N–H and O–H groups in total. The zero-order valence-corrected chi connectivity index (χ0v) is 9.94. The molecule has 1 aromatic rings. The largest absolute Gasteiger partial charge is 0.329 e. The van der Waals surface area contributed by atoms with E-state index in [0.29, 0.717) is 0 Å². The van der Waals surface area contributed by atoms with Crippen molar-refractivity contribution >= 4 is 9.84 Å². The molecule has 0 radical (unpaired) electrons. The number of nitrogens with two attached hydrogens (primary N) is 2. The van der Waals surface area contributed by atoms with Gasteiger partial charge < -0.3 is 11.5 Å². The van der Waals surface area contributed by atoms with Crippen molar-refractivity contribution < 1.29 is 8.42 Å². The first-order valence-electron chi connectivity index (χ1n) is 5.14. The van der Waals surface area contributed by atoms with Crippen molar-refractivity contribution in [2.24, 2.45) is 11.5 Å². The molecular formula is C11H16N2O2S. The molecule has 1 aromatic carbocycles. The molecule has 0 heterocycles. The van der Waals surface area contributed by atoms with Crippen LogP contribution in [0.25, 0.3) is 0 Å². The molecule has 1 saturated carbocycles. The van der Waals surface area contributed by atoms with Crippen molar-refractivity contribution in [1.29, 1.82) is 0 Å². The summed E-state index contributed by atoms with van der Waals surface area (Å²) in [4.78, 5) is 0. The van der Waals surface area contributed by atoms with Gasteiger partial charge in [-0.15, -0.1) is 0 Å². The standard InChI is InChI=1S/C11H16N2O2S/c1-16(14,15)10-9(11(10,13)7-12)8-5-3-2-4-6-8/h2-6,9-10H,7,12-13H2,1H3/t9-,10-,11+/m1/s1. The lowest BCUT2D eigenvalue weighted by molar-refractivity contribution is 0.591. The van der Waals surface area contributed by atoms with E-state index in [4.69, 9.17) is 11.5 Å². The van der Waals surface area contributed by atoms with Gasteiger partial charge in [-0.25, -0.2) is 8.42 Å². The van der Waals surface area contributed by atoms with Crippen LogP contribution in [0.2, 0.25) is 0 Å². The molecule has 0 saturated heterocycles. The first-order valence-corrected chi connectivity index (χ1v) is 7.09. The van der Waals surface area contributed by atoms with Crippen molar-refractivity contribution in [2.45, 2.75) is 16.7 Å². The number of hydrogen-bond acceptors (Lipinski definition) is 4. The summed E-state index contributed by atoms with van der Waals surface area (Å²) in [5.74, 6) is -0.173. The Kier molecular flexibility index (Phi) is 2.57. The Morgan fingerprint density at radius 2 is 1.88 bits per heavy atom. The van der Waals surface area contributed by atoms with E-state index in [1.165, 1.54) is 6.26 Å². The molecule has 2 rings (SSSR count). The Morgan fingerprint density at radius 1 is 1.31 bits per heavy atom. The molecule has 1 aliphatic carbocycles. The number of hydrogen-bond donors (Lipinski definition) is 2. The minimum absolute atomic E-state index is 0.173. The second-order valence-electron chi connectivity index (χ2n) is 4.45. The monoisotopic (exact) mass is 240 g/mol. The van der Waals surface area contributed by atoms with Gasteiger partial charge >= 0.3 is 0 Å². The average Bonchev–Trinajstić information content (AvgIpc) is 2.87. The molecule has 0 aromatic heterocycles. The highest BCUT2D eigenvalue weighted by atomic mass is 32.2. The fourth-order valence-corrected chi connectivity index (χ4v) is 4.32. The fourth-order valence-electron chi connectivity index (χ4n) is 2.46. The minimum Gasteiger partial charge on any atom is -0.329 e. The van der Waals surface area contributed by atoms with Crippen molar-refractivity contribution in [2.75, 3.05) is 12.8 Å². The summed E-state index contributed by atoms with van der Waals surface area (Å²) in [6.07, 6.45) is 1.22. The van der Waals surface area contributed by atoms with Crippen LogP contribution in [0, 0.1) is 0 Å². The molecule has 3 atom stereocenters. The molecule has 0 amide bonds. The topological polar surface area (TPSA) is 86.2 Å². The van der Waals surface area contributed by atoms with Gasteiger partial charge in [0.2, 0.25) is 0 Å². The van der Waals surface area contributed by atoms with E-state index in [1.807, 2.05) is 30.3 Å². The van der Waals surface area contributed by atoms with Gasteiger partial charge in [-0.2, -0.15) is 0 Å². The Bertz CT molecular complexity index is 486. The highest BCUT2D eigenvalue weighted by molar-refractivity contribution is 7.91. The summed E-state index contributed by atoms with van der Waals surface area (Å²) in [6.45, 7) is 0.185. The zero-order valence-electron chi connectivity index (χ0n) is 9.13. The predicted molar refractivity (Wildman–Crippen MR) is 63.8 cm³/mol. The molecule has 16 heavy (non-hydrogen) atoms. The van der Waals surface area contributed by atoms with Gasteiger partial charge in [0, 0.05) is 18.7 Å². The lowest BCUT2D eigenvalue weighted by atomic mass is 10.1. The van der Waals surface area contributed by atoms with Crippen molar-refractivity contribution in [3.05, 3.63) is 35.9 Å². The third-order valence-electron chi connectivity index (χ3n) is 3.28. The van der Waals surface area contributed by atoms with Gasteiger partial charge in [0.25, 0.3) is 0 Å². The smallest absolute Gasteiger partial charge is 0.152 e. The van der Waals surface area contributed by atoms with Crippen LogP contribution < -0.4 is 11.5 Å². The van der Waals surface area contributed by atoms with Gasteiger partial charge in [-0.3, -0.25) is 0 Å². The summed E-state index contributed by atoms with van der Waals surface area (Å²) in [7, 11) is -3.15. The van der Waals surface area contributed by atoms with E-state index in [9.17, 15) is 8.42 Å². The zero-order chi connectivity index (χ0) is 12.0.